The Morgan fingerprint density at radius 3 is 2.42 bits per heavy atom. The Balaban J connectivity index is 0.00000306. The normalized spacial score (nSPS) is 18.9. The SMILES string of the molecule is CN=C(NCC1CCN(Cc2ccccc2F)CC1)N1CCN(Cc2cc(C)on2)CC1.I. The fraction of sp³-hybridized carbons (Fsp3) is 0.583. The van der Waals surface area contributed by atoms with Crippen LogP contribution in [0.3, 0.4) is 0 Å². The van der Waals surface area contributed by atoms with E-state index in [2.05, 4.69) is 30.2 Å². The standard InChI is InChI=1S/C24H35FN6O.HI/c1-19-15-22(28-32-19)18-30-11-13-31(14-12-30)24(26-2)27-16-20-7-9-29(10-8-20)17-21-5-3-4-6-23(21)25;/h3-6,15,20H,7-14,16-18H2,1-2H3,(H,26,27);1H. The van der Waals surface area contributed by atoms with Crippen LogP contribution >= 0.6 is 24.0 Å². The van der Waals surface area contributed by atoms with Crippen LogP contribution in [0.5, 0.6) is 0 Å². The Labute approximate surface area is 213 Å². The number of piperazine rings is 1. The van der Waals surface area contributed by atoms with Crippen LogP contribution in [0.2, 0.25) is 0 Å². The van der Waals surface area contributed by atoms with Gasteiger partial charge in [0, 0.05) is 64.5 Å². The van der Waals surface area contributed by atoms with Gasteiger partial charge in [-0.1, -0.05) is 23.4 Å². The number of aliphatic imine (C=N–C) groups is 1. The van der Waals surface area contributed by atoms with Gasteiger partial charge in [-0.2, -0.15) is 0 Å². The van der Waals surface area contributed by atoms with E-state index in [1.54, 1.807) is 12.1 Å². The van der Waals surface area contributed by atoms with Crippen molar-refractivity contribution in [3.8, 4) is 0 Å². The van der Waals surface area contributed by atoms with E-state index in [0.717, 1.165) is 88.2 Å². The van der Waals surface area contributed by atoms with Gasteiger partial charge < -0.3 is 14.7 Å². The predicted molar refractivity (Wildman–Crippen MR) is 139 cm³/mol. The quantitative estimate of drug-likeness (QED) is 0.327. The number of halogens is 2. The van der Waals surface area contributed by atoms with Crippen molar-refractivity contribution in [2.45, 2.75) is 32.9 Å². The number of likely N-dealkylation sites (tertiary alicyclic amines) is 1. The number of aromatic nitrogens is 1. The van der Waals surface area contributed by atoms with Crippen LogP contribution in [0, 0.1) is 18.7 Å². The van der Waals surface area contributed by atoms with Gasteiger partial charge in [0.25, 0.3) is 0 Å². The molecule has 1 N–H and O–H groups in total. The zero-order chi connectivity index (χ0) is 22.3. The average molecular weight is 570 g/mol. The fourth-order valence-electron chi connectivity index (χ4n) is 4.62. The Morgan fingerprint density at radius 2 is 1.79 bits per heavy atom. The van der Waals surface area contributed by atoms with E-state index < -0.39 is 0 Å². The summed E-state index contributed by atoms with van der Waals surface area (Å²) >= 11 is 0. The highest BCUT2D eigenvalue weighted by molar-refractivity contribution is 14.0. The molecule has 182 valence electrons. The monoisotopic (exact) mass is 570 g/mol. The number of nitrogens with zero attached hydrogens (tertiary/aromatic N) is 5. The van der Waals surface area contributed by atoms with Crippen molar-refractivity contribution >= 4 is 29.9 Å². The second-order valence-electron chi connectivity index (χ2n) is 8.93. The minimum atomic E-state index is -0.101. The number of guanidine groups is 1. The minimum absolute atomic E-state index is 0. The van der Waals surface area contributed by atoms with Crippen molar-refractivity contribution < 1.29 is 8.91 Å². The lowest BCUT2D eigenvalue weighted by molar-refractivity contribution is 0.164. The van der Waals surface area contributed by atoms with Gasteiger partial charge in [0.2, 0.25) is 0 Å². The van der Waals surface area contributed by atoms with Crippen LogP contribution in [0.15, 0.2) is 39.8 Å². The van der Waals surface area contributed by atoms with Gasteiger partial charge in [-0.3, -0.25) is 14.8 Å². The maximum Gasteiger partial charge on any atom is 0.193 e. The first-order valence-corrected chi connectivity index (χ1v) is 11.7. The Kier molecular flexibility index (Phi) is 9.94. The Morgan fingerprint density at radius 1 is 1.09 bits per heavy atom. The molecule has 3 heterocycles. The van der Waals surface area contributed by atoms with E-state index in [1.165, 1.54) is 0 Å². The molecule has 2 aliphatic heterocycles. The van der Waals surface area contributed by atoms with Gasteiger partial charge >= 0.3 is 0 Å². The van der Waals surface area contributed by atoms with Crippen molar-refractivity contribution in [3.05, 3.63) is 53.2 Å². The van der Waals surface area contributed by atoms with Gasteiger partial charge in [0.1, 0.15) is 11.6 Å². The second-order valence-corrected chi connectivity index (χ2v) is 8.93. The summed E-state index contributed by atoms with van der Waals surface area (Å²) in [7, 11) is 1.86. The van der Waals surface area contributed by atoms with Crippen LogP contribution < -0.4 is 5.32 Å². The molecule has 0 amide bonds. The fourth-order valence-corrected chi connectivity index (χ4v) is 4.62. The number of aryl methyl sites for hydroxylation is 1. The molecular weight excluding hydrogens is 534 g/mol. The summed E-state index contributed by atoms with van der Waals surface area (Å²) in [6.07, 6.45) is 2.26. The van der Waals surface area contributed by atoms with E-state index in [4.69, 9.17) is 4.52 Å². The lowest BCUT2D eigenvalue weighted by Gasteiger charge is -2.37. The van der Waals surface area contributed by atoms with Gasteiger partial charge in [0.05, 0.1) is 5.69 Å². The minimum Gasteiger partial charge on any atom is -0.361 e. The summed E-state index contributed by atoms with van der Waals surface area (Å²) in [5.74, 6) is 2.38. The highest BCUT2D eigenvalue weighted by Gasteiger charge is 2.23. The molecule has 0 saturated carbocycles. The van der Waals surface area contributed by atoms with Crippen molar-refractivity contribution in [2.75, 3.05) is 52.9 Å². The van der Waals surface area contributed by atoms with Crippen LogP contribution in [0.25, 0.3) is 0 Å². The van der Waals surface area contributed by atoms with Crippen LogP contribution in [0.4, 0.5) is 4.39 Å². The van der Waals surface area contributed by atoms with Gasteiger partial charge in [0.15, 0.2) is 5.96 Å². The molecule has 33 heavy (non-hydrogen) atoms. The highest BCUT2D eigenvalue weighted by Crippen LogP contribution is 2.19. The summed E-state index contributed by atoms with van der Waals surface area (Å²) in [6, 6.07) is 9.11. The van der Waals surface area contributed by atoms with Gasteiger partial charge in [-0.05, 0) is 44.8 Å². The molecule has 2 aliphatic rings. The number of nitrogens with one attached hydrogen (secondary N) is 1. The topological polar surface area (TPSA) is 60.1 Å². The summed E-state index contributed by atoms with van der Waals surface area (Å²) in [5.41, 5.74) is 1.79. The molecule has 1 aromatic carbocycles. The molecule has 0 atom stereocenters. The van der Waals surface area contributed by atoms with Crippen molar-refractivity contribution in [3.63, 3.8) is 0 Å². The van der Waals surface area contributed by atoms with Crippen molar-refractivity contribution in [1.82, 2.24) is 25.2 Å². The van der Waals surface area contributed by atoms with Gasteiger partial charge in [-0.15, -0.1) is 24.0 Å². The van der Waals surface area contributed by atoms with E-state index >= 15 is 0 Å². The van der Waals surface area contributed by atoms with Crippen molar-refractivity contribution in [2.24, 2.45) is 10.9 Å². The molecule has 0 spiro atoms. The molecule has 7 nitrogen and oxygen atoms in total. The number of rotatable bonds is 6. The molecule has 0 unspecified atom stereocenters. The summed E-state index contributed by atoms with van der Waals surface area (Å²) in [6.45, 7) is 10.3. The lowest BCUT2D eigenvalue weighted by atomic mass is 9.96. The summed E-state index contributed by atoms with van der Waals surface area (Å²) in [5, 5.41) is 7.71. The maximum atomic E-state index is 13.9. The molecule has 0 aliphatic carbocycles. The third-order valence-corrected chi connectivity index (χ3v) is 6.55. The highest BCUT2D eigenvalue weighted by atomic mass is 127. The van der Waals surface area contributed by atoms with E-state index in [9.17, 15) is 4.39 Å². The first-order chi connectivity index (χ1) is 15.6. The third kappa shape index (κ3) is 7.38. The Hall–Kier alpha value is -1.72. The number of hydrogen-bond acceptors (Lipinski definition) is 5. The number of hydrogen-bond donors (Lipinski definition) is 1. The third-order valence-electron chi connectivity index (χ3n) is 6.55. The summed E-state index contributed by atoms with van der Waals surface area (Å²) < 4.78 is 19.1. The number of benzene rings is 1. The molecule has 2 saturated heterocycles. The molecule has 2 fully saturated rings. The van der Waals surface area contributed by atoms with Crippen LogP contribution in [-0.2, 0) is 13.1 Å². The molecular formula is C24H36FIN6O. The van der Waals surface area contributed by atoms with E-state index in [1.807, 2.05) is 32.2 Å². The Bertz CT molecular complexity index is 891. The van der Waals surface area contributed by atoms with Gasteiger partial charge in [-0.25, -0.2) is 4.39 Å². The average Bonchev–Trinajstić information content (AvgIpc) is 3.22. The predicted octanol–water partition coefficient (Wildman–Crippen LogP) is 3.35. The van der Waals surface area contributed by atoms with Crippen molar-refractivity contribution in [1.29, 1.82) is 0 Å². The lowest BCUT2D eigenvalue weighted by Crippen LogP contribution is -2.53. The molecule has 0 radical (unpaired) electrons. The molecule has 9 heteroatoms. The van der Waals surface area contributed by atoms with Crippen LogP contribution in [-0.4, -0.2) is 78.7 Å². The smallest absolute Gasteiger partial charge is 0.193 e. The number of piperidine rings is 1. The molecule has 2 aromatic rings. The van der Waals surface area contributed by atoms with E-state index in [-0.39, 0.29) is 29.8 Å². The molecule has 1 aromatic heterocycles. The first kappa shape index (κ1) is 25.9. The van der Waals surface area contributed by atoms with E-state index in [0.29, 0.717) is 12.5 Å². The second kappa shape index (κ2) is 12.7. The maximum absolute atomic E-state index is 13.9. The molecule has 4 rings (SSSR count). The summed E-state index contributed by atoms with van der Waals surface area (Å²) in [4.78, 5) is 11.6. The zero-order valence-electron chi connectivity index (χ0n) is 19.7. The zero-order valence-corrected chi connectivity index (χ0v) is 22.0. The van der Waals surface area contributed by atoms with Crippen LogP contribution in [0.1, 0.15) is 29.9 Å². The molecule has 0 bridgehead atoms. The largest absolute Gasteiger partial charge is 0.361 e. The first-order valence-electron chi connectivity index (χ1n) is 11.7.